The van der Waals surface area contributed by atoms with E-state index in [0.717, 1.165) is 61.7 Å². The summed E-state index contributed by atoms with van der Waals surface area (Å²) < 4.78 is 6.58. The van der Waals surface area contributed by atoms with E-state index >= 15 is 0 Å². The molecule has 0 aliphatic carbocycles. The lowest BCUT2D eigenvalue weighted by molar-refractivity contribution is 0.487. The number of aliphatic imine (C=N–C) groups is 1. The number of anilines is 1. The van der Waals surface area contributed by atoms with Crippen molar-refractivity contribution < 1.29 is 4.74 Å². The highest BCUT2D eigenvalue weighted by Crippen LogP contribution is 2.49. The van der Waals surface area contributed by atoms with Crippen LogP contribution in [0.3, 0.4) is 0 Å². The van der Waals surface area contributed by atoms with E-state index in [1.165, 1.54) is 22.1 Å². The molecule has 0 aromatic heterocycles. The maximum absolute atomic E-state index is 6.58. The van der Waals surface area contributed by atoms with Gasteiger partial charge in [0.05, 0.1) is 5.71 Å². The molecule has 2 aliphatic rings. The third-order valence-corrected chi connectivity index (χ3v) is 8.89. The highest BCUT2D eigenvalue weighted by molar-refractivity contribution is 6.17. The number of rotatable bonds is 4. The number of nitrogens with one attached hydrogen (secondary N) is 1. The van der Waals surface area contributed by atoms with Gasteiger partial charge in [-0.05, 0) is 69.1 Å². The van der Waals surface area contributed by atoms with E-state index in [4.69, 9.17) is 9.73 Å². The first-order valence-corrected chi connectivity index (χ1v) is 15.3. The molecule has 1 atom stereocenters. The van der Waals surface area contributed by atoms with E-state index in [0.29, 0.717) is 0 Å². The van der Waals surface area contributed by atoms with Crippen LogP contribution in [0.4, 0.5) is 5.69 Å². The second-order valence-corrected chi connectivity index (χ2v) is 11.6. The summed E-state index contributed by atoms with van der Waals surface area (Å²) in [5, 5.41) is 6.01. The number of para-hydroxylation sites is 1. The Morgan fingerprint density at radius 1 is 0.467 bits per heavy atom. The van der Waals surface area contributed by atoms with Gasteiger partial charge in [-0.25, -0.2) is 0 Å². The maximum Gasteiger partial charge on any atom is 0.145 e. The molecule has 7 aromatic rings. The van der Waals surface area contributed by atoms with Gasteiger partial charge in [-0.2, -0.15) is 0 Å². The monoisotopic (exact) mass is 576 g/mol. The van der Waals surface area contributed by atoms with Crippen LogP contribution in [-0.4, -0.2) is 5.71 Å². The van der Waals surface area contributed by atoms with Gasteiger partial charge in [0.25, 0.3) is 0 Å². The summed E-state index contributed by atoms with van der Waals surface area (Å²) in [6.45, 7) is 0. The Balaban J connectivity index is 1.13. The molecular weight excluding hydrogens is 548 g/mol. The van der Waals surface area contributed by atoms with E-state index in [-0.39, 0.29) is 6.17 Å². The Bertz CT molecular complexity index is 2270. The van der Waals surface area contributed by atoms with Crippen LogP contribution < -0.4 is 10.1 Å². The third-order valence-electron chi connectivity index (χ3n) is 8.89. The lowest BCUT2D eigenvalue weighted by Gasteiger charge is -2.27. The average molecular weight is 577 g/mol. The van der Waals surface area contributed by atoms with Crippen LogP contribution in [-0.2, 0) is 0 Å². The first-order valence-electron chi connectivity index (χ1n) is 15.3. The van der Waals surface area contributed by atoms with Crippen LogP contribution in [0.1, 0.15) is 22.9 Å². The maximum atomic E-state index is 6.58. The van der Waals surface area contributed by atoms with Crippen LogP contribution in [0.5, 0.6) is 11.5 Å². The van der Waals surface area contributed by atoms with Gasteiger partial charge in [0.15, 0.2) is 0 Å². The molecule has 0 fully saturated rings. The molecule has 2 aliphatic heterocycles. The lowest BCUT2D eigenvalue weighted by Crippen LogP contribution is -2.20. The zero-order chi connectivity index (χ0) is 29.7. The van der Waals surface area contributed by atoms with Crippen molar-refractivity contribution in [2.75, 3.05) is 5.32 Å². The molecule has 0 bridgehead atoms. The van der Waals surface area contributed by atoms with E-state index in [2.05, 4.69) is 151 Å². The minimum Gasteiger partial charge on any atom is -0.456 e. The Labute approximate surface area is 262 Å². The molecule has 3 heteroatoms. The summed E-state index contributed by atoms with van der Waals surface area (Å²) in [6, 6.07) is 55.5. The summed E-state index contributed by atoms with van der Waals surface area (Å²) >= 11 is 0. The minimum absolute atomic E-state index is 0.205. The number of ether oxygens (including phenoxy) is 1. The average Bonchev–Trinajstić information content (AvgIpc) is 3.12. The fourth-order valence-electron chi connectivity index (χ4n) is 6.75. The number of nitrogens with zero attached hydrogens (tertiary/aromatic N) is 1. The van der Waals surface area contributed by atoms with Crippen LogP contribution in [0.15, 0.2) is 163 Å². The minimum atomic E-state index is -0.205. The van der Waals surface area contributed by atoms with Gasteiger partial charge in [0.1, 0.15) is 17.7 Å². The zero-order valence-electron chi connectivity index (χ0n) is 24.4. The molecule has 0 spiro atoms. The van der Waals surface area contributed by atoms with Gasteiger partial charge in [0, 0.05) is 27.8 Å². The fraction of sp³-hybridized carbons (Fsp3) is 0.0238. The van der Waals surface area contributed by atoms with Gasteiger partial charge >= 0.3 is 0 Å². The number of hydrogen-bond donors (Lipinski definition) is 1. The lowest BCUT2D eigenvalue weighted by atomic mass is 9.89. The first-order chi connectivity index (χ1) is 22.3. The summed E-state index contributed by atoms with van der Waals surface area (Å²) in [7, 11) is 0. The van der Waals surface area contributed by atoms with Crippen molar-refractivity contribution >= 4 is 22.2 Å². The Morgan fingerprint density at radius 2 is 1.18 bits per heavy atom. The molecule has 9 rings (SSSR count). The summed E-state index contributed by atoms with van der Waals surface area (Å²) in [6.07, 6.45) is -0.205. The standard InChI is InChI=1S/C42H28N2O/c1-3-11-27(12-4-1)29-21-22-33-35-19-10-18-34-32(23-24-38(40(34)35)45-39(33)26-29)30-15-9-16-31(25-30)42-43-37-20-8-7-17-36(37)41(44-42)28-13-5-2-6-14-28/h1-26,42-43H. The molecule has 7 aromatic carbocycles. The van der Waals surface area contributed by atoms with Crippen LogP contribution in [0.25, 0.3) is 44.2 Å². The predicted molar refractivity (Wildman–Crippen MR) is 185 cm³/mol. The molecule has 2 heterocycles. The van der Waals surface area contributed by atoms with Crippen molar-refractivity contribution in [2.45, 2.75) is 6.17 Å². The Kier molecular flexibility index (Phi) is 5.88. The molecule has 0 saturated carbocycles. The second-order valence-electron chi connectivity index (χ2n) is 11.6. The van der Waals surface area contributed by atoms with Gasteiger partial charge < -0.3 is 10.1 Å². The summed E-state index contributed by atoms with van der Waals surface area (Å²) in [5.41, 5.74) is 12.4. The second kappa shape index (κ2) is 10.4. The van der Waals surface area contributed by atoms with Crippen molar-refractivity contribution in [2.24, 2.45) is 4.99 Å². The van der Waals surface area contributed by atoms with Crippen molar-refractivity contribution in [1.82, 2.24) is 0 Å². The van der Waals surface area contributed by atoms with Gasteiger partial charge in [0.2, 0.25) is 0 Å². The van der Waals surface area contributed by atoms with Crippen molar-refractivity contribution in [1.29, 1.82) is 0 Å². The molecule has 1 unspecified atom stereocenters. The SMILES string of the molecule is c1ccc(C2=NC(c3cccc(-c4ccc5c6c(cccc46)-c4ccc(-c6ccccc6)cc4O5)c3)Nc3ccccc32)cc1. The smallest absolute Gasteiger partial charge is 0.145 e. The van der Waals surface area contributed by atoms with Crippen molar-refractivity contribution in [3.8, 4) is 44.9 Å². The normalized spacial score (nSPS) is 14.5. The summed E-state index contributed by atoms with van der Waals surface area (Å²) in [4.78, 5) is 5.25. The van der Waals surface area contributed by atoms with Gasteiger partial charge in [-0.1, -0.05) is 127 Å². The third kappa shape index (κ3) is 4.32. The molecular formula is C42H28N2O. The van der Waals surface area contributed by atoms with Crippen LogP contribution in [0.2, 0.25) is 0 Å². The molecule has 212 valence electrons. The molecule has 0 radical (unpaired) electrons. The molecule has 1 N–H and O–H groups in total. The van der Waals surface area contributed by atoms with Gasteiger partial charge in [-0.15, -0.1) is 0 Å². The Hall–Kier alpha value is -5.93. The number of fused-ring (bicyclic) bond motifs is 3. The van der Waals surface area contributed by atoms with Gasteiger partial charge in [-0.3, -0.25) is 4.99 Å². The topological polar surface area (TPSA) is 33.6 Å². The van der Waals surface area contributed by atoms with E-state index in [1.807, 2.05) is 12.1 Å². The Morgan fingerprint density at radius 3 is 2.04 bits per heavy atom. The summed E-state index contributed by atoms with van der Waals surface area (Å²) in [5.74, 6) is 1.78. The van der Waals surface area contributed by atoms with E-state index < -0.39 is 0 Å². The first kappa shape index (κ1) is 25.6. The molecule has 0 saturated heterocycles. The fourth-order valence-corrected chi connectivity index (χ4v) is 6.75. The van der Waals surface area contributed by atoms with Crippen molar-refractivity contribution in [3.05, 3.63) is 174 Å². The number of benzene rings is 7. The molecule has 45 heavy (non-hydrogen) atoms. The highest BCUT2D eigenvalue weighted by atomic mass is 16.5. The van der Waals surface area contributed by atoms with Crippen molar-refractivity contribution in [3.63, 3.8) is 0 Å². The van der Waals surface area contributed by atoms with E-state index in [9.17, 15) is 0 Å². The largest absolute Gasteiger partial charge is 0.456 e. The predicted octanol–water partition coefficient (Wildman–Crippen LogP) is 10.9. The highest BCUT2D eigenvalue weighted by Gasteiger charge is 2.24. The van der Waals surface area contributed by atoms with E-state index in [1.54, 1.807) is 0 Å². The zero-order valence-corrected chi connectivity index (χ0v) is 24.4. The molecule has 0 amide bonds. The number of hydrogen-bond acceptors (Lipinski definition) is 3. The van der Waals surface area contributed by atoms with Crippen LogP contribution in [0, 0.1) is 0 Å². The van der Waals surface area contributed by atoms with Crippen LogP contribution >= 0.6 is 0 Å². The quantitative estimate of drug-likeness (QED) is 0.226. The molecule has 3 nitrogen and oxygen atoms in total.